The van der Waals surface area contributed by atoms with E-state index in [1.807, 2.05) is 30.3 Å². The van der Waals surface area contributed by atoms with Gasteiger partial charge in [0.1, 0.15) is 6.61 Å². The molecule has 0 spiro atoms. The van der Waals surface area contributed by atoms with Crippen LogP contribution in [0.15, 0.2) is 42.0 Å². The van der Waals surface area contributed by atoms with Gasteiger partial charge >= 0.3 is 5.97 Å². The van der Waals surface area contributed by atoms with Crippen LogP contribution >= 0.6 is 0 Å². The van der Waals surface area contributed by atoms with Crippen LogP contribution in [0.1, 0.15) is 96.5 Å². The molecule has 4 heteroatoms. The van der Waals surface area contributed by atoms with Crippen LogP contribution in [0.25, 0.3) is 0 Å². The van der Waals surface area contributed by atoms with Crippen LogP contribution < -0.4 is 0 Å². The lowest BCUT2D eigenvalue weighted by Gasteiger charge is -2.61. The molecule has 4 aliphatic carbocycles. The molecule has 0 bridgehead atoms. The number of ketones is 1. The summed E-state index contributed by atoms with van der Waals surface area (Å²) in [5.74, 6) is -0.0506. The fraction of sp³-hybridized carbons (Fsp3) is 0.697. The minimum atomic E-state index is -2.65. The van der Waals surface area contributed by atoms with Gasteiger partial charge in [0.15, 0.2) is 5.78 Å². The number of carbonyl (C=O) groups excluding carboxylic acids is 2. The van der Waals surface area contributed by atoms with Crippen molar-refractivity contribution < 1.29 is 24.9 Å². The van der Waals surface area contributed by atoms with Gasteiger partial charge in [-0.1, -0.05) is 57.2 Å². The van der Waals surface area contributed by atoms with Crippen molar-refractivity contribution in [1.29, 1.82) is 0 Å². The maximum absolute atomic E-state index is 14.3. The predicted molar refractivity (Wildman–Crippen MR) is 145 cm³/mol. The summed E-state index contributed by atoms with van der Waals surface area (Å²) in [7, 11) is 0. The van der Waals surface area contributed by atoms with Crippen molar-refractivity contribution >= 4 is 11.8 Å². The molecule has 0 heterocycles. The van der Waals surface area contributed by atoms with E-state index in [0.29, 0.717) is 31.1 Å². The van der Waals surface area contributed by atoms with Crippen molar-refractivity contribution in [3.63, 3.8) is 0 Å². The third-order valence-corrected chi connectivity index (χ3v) is 11.3. The number of hydrogen-bond acceptors (Lipinski definition) is 4. The molecule has 0 aromatic heterocycles. The van der Waals surface area contributed by atoms with Crippen LogP contribution in [-0.4, -0.2) is 23.0 Å². The number of rotatable bonds is 6. The third-order valence-electron chi connectivity index (χ3n) is 11.3. The molecule has 4 nitrogen and oxygen atoms in total. The highest BCUT2D eigenvalue weighted by molar-refractivity contribution is 5.99. The van der Waals surface area contributed by atoms with Crippen molar-refractivity contribution in [3.05, 3.63) is 47.5 Å². The monoisotopic (exact) mass is 510 g/mol. The van der Waals surface area contributed by atoms with E-state index in [-0.39, 0.29) is 58.4 Å². The lowest BCUT2D eigenvalue weighted by atomic mass is 9.43. The number of aliphatic hydroxyl groups excluding tert-OH is 1. The second kappa shape index (κ2) is 10.3. The largest absolute Gasteiger partial charge is 0.461 e. The van der Waals surface area contributed by atoms with Gasteiger partial charge in [-0.25, -0.2) is 0 Å². The highest BCUT2D eigenvalue weighted by Gasteiger charge is 2.64. The lowest BCUT2D eigenvalue weighted by molar-refractivity contribution is -0.150. The Balaban J connectivity index is 1.34. The Morgan fingerprint density at radius 2 is 1.89 bits per heavy atom. The zero-order valence-corrected chi connectivity index (χ0v) is 22.7. The van der Waals surface area contributed by atoms with Gasteiger partial charge in [0.05, 0.1) is 7.47 Å². The number of Topliss-reactive ketones (excluding diaryl/α,β-unsaturated/α-hetero) is 1. The zero-order chi connectivity index (χ0) is 29.7. The Bertz CT molecular complexity index is 1180. The van der Waals surface area contributed by atoms with Gasteiger partial charge in [0.2, 0.25) is 0 Å². The fourth-order valence-electron chi connectivity index (χ4n) is 9.28. The topological polar surface area (TPSA) is 63.6 Å². The second-order valence-corrected chi connectivity index (χ2v) is 13.0. The molecule has 4 fully saturated rings. The van der Waals surface area contributed by atoms with Crippen LogP contribution in [0.3, 0.4) is 0 Å². The molecule has 4 aliphatic rings. The standard InChI is InChI=1S/C33H46O4/c1-5-24-28-19-23(34)15-17-33(28,4)27-16-18-32(3)25(12-13-26(32)30(27)31(24)36)21(2)11-14-29(35)37-20-22-9-7-6-8-10-22/h5-10,21,23,25-28,30,34H,11-20H2,1-4H3/b24-5+/t21-,23-,25-,26+,27?,28+,30+,32-,33-/m1/s1/i1D3,5D. The van der Waals surface area contributed by atoms with E-state index in [1.165, 1.54) is 0 Å². The number of allylic oxidation sites excluding steroid dienone is 2. The summed E-state index contributed by atoms with van der Waals surface area (Å²) in [5.41, 5.74) is 0.780. The number of benzene rings is 1. The molecular formula is C33H46O4. The molecule has 4 saturated carbocycles. The number of hydrogen-bond donors (Lipinski definition) is 1. The average molecular weight is 511 g/mol. The molecule has 9 atom stereocenters. The van der Waals surface area contributed by atoms with E-state index in [2.05, 4.69) is 20.8 Å². The number of esters is 1. The molecule has 0 amide bonds. The minimum Gasteiger partial charge on any atom is -0.461 e. The number of fused-ring (bicyclic) bond motifs is 5. The highest BCUT2D eigenvalue weighted by Crippen LogP contribution is 2.68. The van der Waals surface area contributed by atoms with Gasteiger partial charge in [0, 0.05) is 16.5 Å². The van der Waals surface area contributed by atoms with Crippen LogP contribution in [0.2, 0.25) is 0 Å². The van der Waals surface area contributed by atoms with E-state index >= 15 is 0 Å². The molecule has 0 aliphatic heterocycles. The van der Waals surface area contributed by atoms with Crippen LogP contribution in [0.5, 0.6) is 0 Å². The molecule has 37 heavy (non-hydrogen) atoms. The lowest BCUT2D eigenvalue weighted by Crippen LogP contribution is -2.58. The molecule has 0 radical (unpaired) electrons. The van der Waals surface area contributed by atoms with E-state index in [4.69, 9.17) is 10.2 Å². The molecular weight excluding hydrogens is 460 g/mol. The van der Waals surface area contributed by atoms with E-state index in [0.717, 1.165) is 44.1 Å². The Kier molecular flexibility index (Phi) is 6.12. The quantitative estimate of drug-likeness (QED) is 0.334. The highest BCUT2D eigenvalue weighted by atomic mass is 16.5. The first-order valence-electron chi connectivity index (χ1n) is 16.4. The maximum Gasteiger partial charge on any atom is 0.306 e. The fourth-order valence-corrected chi connectivity index (χ4v) is 9.28. The van der Waals surface area contributed by atoms with Crippen molar-refractivity contribution in [1.82, 2.24) is 0 Å². The summed E-state index contributed by atoms with van der Waals surface area (Å²) in [5, 5.41) is 10.5. The first-order valence-corrected chi connectivity index (χ1v) is 14.4. The van der Waals surface area contributed by atoms with Crippen molar-refractivity contribution in [2.24, 2.45) is 46.3 Å². The van der Waals surface area contributed by atoms with E-state index in [9.17, 15) is 14.7 Å². The van der Waals surface area contributed by atoms with Gasteiger partial charge in [-0.2, -0.15) is 0 Å². The van der Waals surface area contributed by atoms with E-state index in [1.54, 1.807) is 0 Å². The van der Waals surface area contributed by atoms with Gasteiger partial charge < -0.3 is 9.84 Å². The summed E-state index contributed by atoms with van der Waals surface area (Å²) in [4.78, 5) is 26.9. The first-order chi connectivity index (χ1) is 19.3. The minimum absolute atomic E-state index is 0.0746. The average Bonchev–Trinajstić information content (AvgIpc) is 3.28. The third kappa shape index (κ3) is 4.62. The zero-order valence-electron chi connectivity index (χ0n) is 26.7. The van der Waals surface area contributed by atoms with Crippen LogP contribution in [0, 0.1) is 46.3 Å². The first kappa shape index (κ1) is 21.9. The number of aliphatic hydroxyl groups is 1. The molecule has 0 saturated heterocycles. The normalized spacial score (nSPS) is 43.2. The summed E-state index contributed by atoms with van der Waals surface area (Å²) in [6.45, 7) is 4.36. The predicted octanol–water partition coefficient (Wildman–Crippen LogP) is 6.90. The summed E-state index contributed by atoms with van der Waals surface area (Å²) in [6, 6.07) is 9.16. The van der Waals surface area contributed by atoms with Crippen LogP contribution in [-0.2, 0) is 20.9 Å². The van der Waals surface area contributed by atoms with Gasteiger partial charge in [-0.3, -0.25) is 9.59 Å². The van der Waals surface area contributed by atoms with Crippen LogP contribution in [0.4, 0.5) is 0 Å². The smallest absolute Gasteiger partial charge is 0.306 e. The Morgan fingerprint density at radius 3 is 2.65 bits per heavy atom. The Hall–Kier alpha value is -1.94. The summed E-state index contributed by atoms with van der Waals surface area (Å²) < 4.78 is 38.1. The summed E-state index contributed by atoms with van der Waals surface area (Å²) in [6.07, 6.45) is 6.12. The van der Waals surface area contributed by atoms with Gasteiger partial charge in [-0.05, 0) is 110 Å². The van der Waals surface area contributed by atoms with Gasteiger partial charge in [-0.15, -0.1) is 0 Å². The van der Waals surface area contributed by atoms with Gasteiger partial charge in [0.25, 0.3) is 0 Å². The Labute approximate surface area is 228 Å². The summed E-state index contributed by atoms with van der Waals surface area (Å²) >= 11 is 0. The Morgan fingerprint density at radius 1 is 1.16 bits per heavy atom. The molecule has 202 valence electrons. The molecule has 1 unspecified atom stereocenters. The number of ether oxygens (including phenoxy) is 1. The SMILES string of the molecule is [2H]/C(=C1\C(=O)[C@@H]2C(CC[C@]3(C)[C@@H]([C@H](C)CCC(=O)OCc4ccccc4)CC[C@@H]23)[C@@]2(C)CC[C@@H](O)C[C@@H]12)C([2H])([2H])[2H]. The maximum atomic E-state index is 14.3. The molecule has 5 rings (SSSR count). The van der Waals surface area contributed by atoms with Crippen molar-refractivity contribution in [2.75, 3.05) is 0 Å². The molecule has 1 aromatic carbocycles. The van der Waals surface area contributed by atoms with Crippen molar-refractivity contribution in [3.8, 4) is 0 Å². The van der Waals surface area contributed by atoms with E-state index < -0.39 is 19.0 Å². The molecule has 1 N–H and O–H groups in total. The second-order valence-electron chi connectivity index (χ2n) is 13.0. The number of carbonyl (C=O) groups is 2. The van der Waals surface area contributed by atoms with Crippen molar-refractivity contribution in [2.45, 2.75) is 98.1 Å². The molecule has 1 aromatic rings.